The van der Waals surface area contributed by atoms with Crippen molar-refractivity contribution in [3.63, 3.8) is 0 Å². The van der Waals surface area contributed by atoms with Crippen molar-refractivity contribution < 1.29 is 123 Å². The van der Waals surface area contributed by atoms with Crippen molar-refractivity contribution in [1.82, 2.24) is 0 Å². The van der Waals surface area contributed by atoms with E-state index in [9.17, 15) is 93.3 Å². The van der Waals surface area contributed by atoms with Gasteiger partial charge in [0, 0.05) is 27.1 Å². The third-order valence-corrected chi connectivity index (χ3v) is 35.7. The van der Waals surface area contributed by atoms with E-state index in [4.69, 9.17) is 29.9 Å². The first-order valence-electron chi connectivity index (χ1n) is 58.9. The number of aliphatic carboxylic acids is 5. The third-order valence-electron chi connectivity index (χ3n) is 35.7. The Labute approximate surface area is 903 Å². The van der Waals surface area contributed by atoms with Gasteiger partial charge in [-0.05, 0) is 346 Å². The number of hydrogen-bond acceptors (Lipinski definition) is 20. The zero-order chi connectivity index (χ0) is 110. The average Bonchev–Trinajstić information content (AvgIpc) is 1.63. The van der Waals surface area contributed by atoms with Gasteiger partial charge in [-0.1, -0.05) is 255 Å². The number of hydrogen-bond donors (Lipinski definition) is 11. The second-order valence-electron chi connectivity index (χ2n) is 52.3. The van der Waals surface area contributed by atoms with Crippen LogP contribution >= 0.6 is 0 Å². The Morgan fingerprint density at radius 1 is 0.208 bits per heavy atom. The maximum atomic E-state index is 12.4. The smallest absolute Gasteiger partial charge is 0.312 e. The maximum absolute atomic E-state index is 12.4. The van der Waals surface area contributed by atoms with Crippen LogP contribution < -0.4 is 0 Å². The highest BCUT2D eigenvalue weighted by atomic mass is 16.6. The van der Waals surface area contributed by atoms with E-state index in [-0.39, 0.29) is 119 Å². The van der Waals surface area contributed by atoms with E-state index >= 15 is 0 Å². The Morgan fingerprint density at radius 2 is 0.349 bits per heavy atom. The number of unbranched alkanes of at least 4 members (excludes halogenated alkanes) is 18. The molecule has 0 aromatic carbocycles. The fourth-order valence-electron chi connectivity index (χ4n) is 21.0. The van der Waals surface area contributed by atoms with Gasteiger partial charge in [-0.2, -0.15) is 0 Å². The van der Waals surface area contributed by atoms with Gasteiger partial charge in [-0.25, -0.2) is 0 Å². The van der Waals surface area contributed by atoms with Crippen LogP contribution in [0, 0.1) is 65.0 Å². The molecule has 0 spiro atoms. The molecule has 5 unspecified atom stereocenters. The van der Waals surface area contributed by atoms with Crippen LogP contribution in [-0.2, 0) is 67.0 Å². The number of carbonyl (C=O) groups is 12. The summed E-state index contributed by atoms with van der Waals surface area (Å²) in [6.45, 7) is 31.8. The van der Waals surface area contributed by atoms with Crippen LogP contribution in [0.15, 0.2) is 0 Å². The zero-order valence-electron chi connectivity index (χ0n) is 95.7. The lowest BCUT2D eigenvalue weighted by Crippen LogP contribution is -2.37. The fraction of sp³-hybridized carbons (Fsp3) is 0.903. The number of ketones is 5. The molecule has 0 aliphatic heterocycles. The molecule has 149 heavy (non-hydrogen) atoms. The predicted molar refractivity (Wildman–Crippen MR) is 593 cm³/mol. The molecule has 25 heteroatoms. The van der Waals surface area contributed by atoms with E-state index < -0.39 is 68.1 Å². The summed E-state index contributed by atoms with van der Waals surface area (Å²) in [5, 5.41) is 106. The van der Waals surface area contributed by atoms with E-state index in [1.165, 1.54) is 0 Å². The SMILES string of the molecule is C.C.CC(=O)C(C)(C)CCCCC(O)CCCCC1(C(=O)O)CC1.CC(=O)C(C)(C)CCCCC(O)CCCCC1(C(=O)O)CCC1.CC(=O)C(C)(C)CCCCCC(O)CCCCCC1(C(=O)O)CC1.CC(=O)C1(CCCCC(O)CCCCC2(C(=O)O)CC2)CC1.CC(=O)C1(CCCCCC(O)CCCCCC2(C(=O)O)CC2)CC1.CC(C)(C)OC(=O)C1(CCCCCC(O)CCCCCC2(C(=O)OC(C)(C)C)CC2)CC1. The molecule has 0 saturated heterocycles. The van der Waals surface area contributed by atoms with Crippen molar-refractivity contribution in [2.75, 3.05) is 0 Å². The van der Waals surface area contributed by atoms with Crippen LogP contribution in [0.4, 0.5) is 0 Å². The van der Waals surface area contributed by atoms with Gasteiger partial charge in [0.1, 0.15) is 40.1 Å². The molecule has 0 heterocycles. The van der Waals surface area contributed by atoms with Crippen molar-refractivity contribution >= 4 is 70.7 Å². The lowest BCUT2D eigenvalue weighted by molar-refractivity contribution is -0.163. The minimum Gasteiger partial charge on any atom is -0.481 e. The molecule has 0 radical (unpaired) electrons. The summed E-state index contributed by atoms with van der Waals surface area (Å²) in [6, 6.07) is 0. The Bertz CT molecular complexity index is 3600. The number of rotatable bonds is 78. The van der Waals surface area contributed by atoms with Crippen molar-refractivity contribution in [2.45, 2.75) is 649 Å². The summed E-state index contributed by atoms with van der Waals surface area (Å²) >= 11 is 0. The predicted octanol–water partition coefficient (Wildman–Crippen LogP) is 29.0. The normalized spacial score (nSPS) is 19.1. The first-order valence-corrected chi connectivity index (χ1v) is 58.9. The molecule has 11 N–H and O–H groups in total. The van der Waals surface area contributed by atoms with Crippen molar-refractivity contribution in [3.05, 3.63) is 0 Å². The summed E-state index contributed by atoms with van der Waals surface area (Å²) in [7, 11) is 0. The van der Waals surface area contributed by atoms with Crippen LogP contribution in [-0.4, -0.2) is 175 Å². The number of carboxylic acids is 5. The van der Waals surface area contributed by atoms with Crippen molar-refractivity contribution in [3.8, 4) is 0 Å². The number of carboxylic acid groups (broad SMARTS) is 5. The second kappa shape index (κ2) is 66.2. The summed E-state index contributed by atoms with van der Waals surface area (Å²) < 4.78 is 11.2. The van der Waals surface area contributed by atoms with E-state index in [0.717, 1.165) is 469 Å². The highest BCUT2D eigenvalue weighted by Gasteiger charge is 2.56. The van der Waals surface area contributed by atoms with Gasteiger partial charge in [0.15, 0.2) is 0 Å². The van der Waals surface area contributed by atoms with Crippen LogP contribution in [0.25, 0.3) is 0 Å². The highest BCUT2D eigenvalue weighted by molar-refractivity contribution is 5.86. The molecule has 0 aromatic rings. The quantitative estimate of drug-likeness (QED) is 0.0199. The van der Waals surface area contributed by atoms with E-state index in [2.05, 4.69) is 0 Å². The Morgan fingerprint density at radius 3 is 0.497 bits per heavy atom. The minimum atomic E-state index is -0.652. The van der Waals surface area contributed by atoms with E-state index in [1.54, 1.807) is 34.6 Å². The van der Waals surface area contributed by atoms with Crippen LogP contribution in [0.3, 0.4) is 0 Å². The van der Waals surface area contributed by atoms with Crippen LogP contribution in [0.1, 0.15) is 601 Å². The Kier molecular flexibility index (Phi) is 61.9. The molecule has 5 atom stereocenters. The van der Waals surface area contributed by atoms with Crippen molar-refractivity contribution in [2.24, 2.45) is 65.0 Å². The largest absolute Gasteiger partial charge is 0.481 e. The lowest BCUT2D eigenvalue weighted by Gasteiger charge is -2.37. The molecule has 868 valence electrons. The molecule has 9 rings (SSSR count). The minimum absolute atomic E-state index is 0. The van der Waals surface area contributed by atoms with Gasteiger partial charge in [0.25, 0.3) is 0 Å². The molecule has 0 aromatic heterocycles. The first kappa shape index (κ1) is 139. The molecule has 9 saturated carbocycles. The second-order valence-corrected chi connectivity index (χ2v) is 52.3. The van der Waals surface area contributed by atoms with Gasteiger partial charge in [-0.15, -0.1) is 0 Å². The maximum Gasteiger partial charge on any atom is 0.312 e. The Balaban J connectivity index is 0.000000605. The van der Waals surface area contributed by atoms with Gasteiger partial charge in [0.2, 0.25) is 0 Å². The number of ether oxygens (including phenoxy) is 2. The lowest BCUT2D eigenvalue weighted by atomic mass is 9.66. The molecule has 9 aliphatic carbocycles. The molecule has 9 aliphatic rings. The summed E-state index contributed by atoms with van der Waals surface area (Å²) in [5.74, 6) is -1.85. The van der Waals surface area contributed by atoms with Gasteiger partial charge in [-0.3, -0.25) is 57.5 Å². The molecule has 0 amide bonds. The molecule has 0 bridgehead atoms. The summed E-state index contributed by atoms with van der Waals surface area (Å²) in [5.41, 5.74) is -4.03. The number of esters is 2. The van der Waals surface area contributed by atoms with E-state index in [1.807, 2.05) is 83.1 Å². The molecule has 9 fully saturated rings. The summed E-state index contributed by atoms with van der Waals surface area (Å²) in [6.07, 6.45) is 65.5. The average molecular weight is 2110 g/mol. The van der Waals surface area contributed by atoms with E-state index in [0.29, 0.717) is 11.6 Å². The number of aliphatic hydroxyl groups excluding tert-OH is 6. The standard InChI is InChI=1S/C27H48O5.C20H34O4.C20H36O4.C19H34O4.C18H30O4.C18H32O4.2CH4/c1-24(2,3)31-22(29)26(17-18-26)15-11-7-9-13-21(28)14-10-8-12-16-27(19-20-27)23(30)32-25(4,5)6;1-16(21)19(12-13-19)10-6-2-4-8-17(22)9-5-3-7-11-20(14-15-20)18(23)24;1-16(21)19(2,3)12-8-4-6-10-17(22)11-7-5-9-13-20(14-15-20)18(23)24;1-15(20)18(2,3)11-6-4-9-16(21)10-5-7-12-19(17(22)23)13-8-14-19;1-14(19)17(10-11-17)8-4-2-6-15(20)7-3-5-9-18(12-13-18)16(21)22;1-14(19)17(2,3)10-6-4-8-15(20)9-5-7-11-18(12-13-18)16(21)22;;/h21,28H,7-20H2,1-6H3;17,22H,2-15H2,1H3,(H,23,24);17,22H,4-15H2,1-3H3,(H,23,24);16,21H,4-14H2,1-3H3,(H,22,23);15,20H,2-13H2,1H3,(H,21,22);15,20H,4-13H2,1-3H3,(H,21,22);2*1H4. The zero-order valence-corrected chi connectivity index (χ0v) is 95.7. The van der Waals surface area contributed by atoms with Crippen LogP contribution in [0.5, 0.6) is 0 Å². The topological polar surface area (TPSA) is 446 Å². The number of carbonyl (C=O) groups excluding carboxylic acids is 7. The first-order chi connectivity index (χ1) is 68.7. The molecular formula is C124H222O25. The highest BCUT2D eigenvalue weighted by Crippen LogP contribution is 2.57. The monoisotopic (exact) mass is 2110 g/mol. The molecular weight excluding hydrogens is 1890 g/mol. The summed E-state index contributed by atoms with van der Waals surface area (Å²) in [4.78, 5) is 137. The number of aliphatic hydroxyl groups is 6. The number of Topliss-reactive ketones (excluding diaryl/α,β-unsaturated/α-hetero) is 5. The van der Waals surface area contributed by atoms with Crippen LogP contribution in [0.2, 0.25) is 0 Å². The van der Waals surface area contributed by atoms with Gasteiger partial charge >= 0.3 is 41.8 Å². The van der Waals surface area contributed by atoms with Crippen molar-refractivity contribution in [1.29, 1.82) is 0 Å². The third kappa shape index (κ3) is 54.8. The Hall–Kier alpha value is -5.60. The van der Waals surface area contributed by atoms with Gasteiger partial charge < -0.3 is 65.6 Å². The molecule has 25 nitrogen and oxygen atoms in total. The van der Waals surface area contributed by atoms with Gasteiger partial charge in [0.05, 0.1) is 74.5 Å². The fourth-order valence-corrected chi connectivity index (χ4v) is 21.0.